The summed E-state index contributed by atoms with van der Waals surface area (Å²) in [6.45, 7) is 8.62. The number of phenols is 1. The standard InChI is InChI=1S/C37H31N3O14S3/c1-17-12-28-24(14-31(17)56(48,49)50)33(22-7-5-6-8-30(22)55(45,46)47)25-15-32(57(51,52)53)26(16-29(25)54-28)39-34-18(2)11-19(3)35(20(34)4)40-37(44)38-21-9-10-27(41)23(13-21)36(42)43/h5-16,39,41H,1H2,2-4H3,(H,42,43)(H2,38,40,44)(H,45,46,47)(H,48,49,50)(H,51,52,53). The lowest BCUT2D eigenvalue weighted by Crippen LogP contribution is -2.25. The van der Waals surface area contributed by atoms with E-state index in [1.807, 2.05) is 0 Å². The Balaban J connectivity index is 1.52. The number of hydrogen-bond acceptors (Lipinski definition) is 11. The predicted octanol–water partition coefficient (Wildman–Crippen LogP) is 4.91. The molecule has 0 spiro atoms. The number of carboxylic acid groups (broad SMARTS) is 1. The molecule has 0 saturated carbocycles. The second-order valence-electron chi connectivity index (χ2n) is 12.8. The van der Waals surface area contributed by atoms with E-state index in [0.29, 0.717) is 16.7 Å². The van der Waals surface area contributed by atoms with Crippen LogP contribution in [-0.2, 0) is 30.4 Å². The minimum Gasteiger partial charge on any atom is -0.507 e. The zero-order valence-electron chi connectivity index (χ0n) is 29.8. The monoisotopic (exact) mass is 837 g/mol. The largest absolute Gasteiger partial charge is 0.507 e. The number of amides is 2. The van der Waals surface area contributed by atoms with E-state index in [4.69, 9.17) is 4.74 Å². The summed E-state index contributed by atoms with van der Waals surface area (Å²) in [6.07, 6.45) is 0. The first-order valence-electron chi connectivity index (χ1n) is 16.2. The van der Waals surface area contributed by atoms with Crippen LogP contribution in [-0.4, -0.2) is 61.1 Å². The fourth-order valence-electron chi connectivity index (χ4n) is 6.49. The molecule has 2 amide bonds. The van der Waals surface area contributed by atoms with E-state index in [9.17, 15) is 58.7 Å². The van der Waals surface area contributed by atoms with Gasteiger partial charge >= 0.3 is 12.0 Å². The topological polar surface area (TPSA) is 283 Å². The summed E-state index contributed by atoms with van der Waals surface area (Å²) in [4.78, 5) is 22.5. The third-order valence-electron chi connectivity index (χ3n) is 8.95. The molecule has 5 aromatic rings. The summed E-state index contributed by atoms with van der Waals surface area (Å²) in [6, 6.07) is 13.5. The van der Waals surface area contributed by atoms with Crippen molar-refractivity contribution in [1.29, 1.82) is 0 Å². The fourth-order valence-corrected chi connectivity index (χ4v) is 8.50. The van der Waals surface area contributed by atoms with E-state index >= 15 is 0 Å². The predicted molar refractivity (Wildman–Crippen MR) is 207 cm³/mol. The molecule has 0 atom stereocenters. The number of aryl methyl sites for hydroxylation is 2. The Labute approximate surface area is 324 Å². The maximum absolute atomic E-state index is 13.1. The molecule has 20 heteroatoms. The Morgan fingerprint density at radius 1 is 0.684 bits per heavy atom. The normalized spacial score (nSPS) is 12.6. The molecule has 0 aliphatic carbocycles. The second kappa shape index (κ2) is 14.3. The van der Waals surface area contributed by atoms with Crippen LogP contribution in [0.2, 0.25) is 0 Å². The van der Waals surface area contributed by atoms with Gasteiger partial charge in [-0.3, -0.25) is 13.7 Å². The number of anilines is 4. The number of carboxylic acids is 1. The molecule has 0 saturated heterocycles. The highest BCUT2D eigenvalue weighted by atomic mass is 32.2. The third-order valence-corrected chi connectivity index (χ3v) is 11.7. The van der Waals surface area contributed by atoms with Crippen molar-refractivity contribution in [2.75, 3.05) is 16.0 Å². The van der Waals surface area contributed by atoms with Crippen molar-refractivity contribution in [3.05, 3.63) is 117 Å². The van der Waals surface area contributed by atoms with Gasteiger partial charge in [0.2, 0.25) is 0 Å². The van der Waals surface area contributed by atoms with Crippen molar-refractivity contribution in [2.24, 2.45) is 0 Å². The number of aromatic hydroxyl groups is 1. The minimum absolute atomic E-state index is 0.0486. The lowest BCUT2D eigenvalue weighted by Gasteiger charge is -2.25. The van der Waals surface area contributed by atoms with Crippen LogP contribution in [0.25, 0.3) is 12.2 Å². The van der Waals surface area contributed by atoms with Crippen molar-refractivity contribution in [1.82, 2.24) is 0 Å². The summed E-state index contributed by atoms with van der Waals surface area (Å²) in [5.41, 5.74) is 0.767. The molecule has 17 nitrogen and oxygen atoms in total. The maximum Gasteiger partial charge on any atom is 0.339 e. The molecular weight excluding hydrogens is 807 g/mol. The number of aromatic carboxylic acids is 1. The van der Waals surface area contributed by atoms with Crippen molar-refractivity contribution >= 4 is 77.3 Å². The maximum atomic E-state index is 13.1. The number of nitrogens with one attached hydrogen (secondary N) is 3. The van der Waals surface area contributed by atoms with Crippen LogP contribution in [0.15, 0.2) is 87.5 Å². The number of ether oxygens (including phenoxy) is 1. The van der Waals surface area contributed by atoms with Gasteiger partial charge in [0.25, 0.3) is 30.4 Å². The fraction of sp³-hybridized carbons (Fsp3) is 0.0811. The Morgan fingerprint density at radius 3 is 1.95 bits per heavy atom. The van der Waals surface area contributed by atoms with Gasteiger partial charge in [-0.2, -0.15) is 25.3 Å². The molecule has 8 N–H and O–H groups in total. The molecule has 6 rings (SSSR count). The van der Waals surface area contributed by atoms with Gasteiger partial charge in [-0.15, -0.1) is 0 Å². The molecule has 0 aromatic heterocycles. The highest BCUT2D eigenvalue weighted by Crippen LogP contribution is 2.44. The van der Waals surface area contributed by atoms with Crippen LogP contribution in [0.3, 0.4) is 0 Å². The molecule has 1 aliphatic heterocycles. The van der Waals surface area contributed by atoms with Gasteiger partial charge < -0.3 is 30.9 Å². The first-order chi connectivity index (χ1) is 26.4. The first kappa shape index (κ1) is 40.4. The Morgan fingerprint density at radius 2 is 1.32 bits per heavy atom. The average molecular weight is 838 g/mol. The molecule has 296 valence electrons. The van der Waals surface area contributed by atoms with E-state index in [1.54, 1.807) is 26.8 Å². The molecule has 5 aromatic carbocycles. The number of carbonyl (C=O) groups is 2. The lowest BCUT2D eigenvalue weighted by molar-refractivity contribution is 0.0693. The average Bonchev–Trinajstić information content (AvgIpc) is 3.09. The first-order valence-corrected chi connectivity index (χ1v) is 20.5. The van der Waals surface area contributed by atoms with Gasteiger partial charge in [-0.05, 0) is 85.1 Å². The number of rotatable bonds is 9. The van der Waals surface area contributed by atoms with Crippen molar-refractivity contribution in [2.45, 2.75) is 35.5 Å². The summed E-state index contributed by atoms with van der Waals surface area (Å²) in [7, 11) is -15.0. The second-order valence-corrected chi connectivity index (χ2v) is 17.0. The smallest absolute Gasteiger partial charge is 0.339 e. The highest BCUT2D eigenvalue weighted by Gasteiger charge is 2.31. The number of fused-ring (bicyclic) bond motifs is 2. The Hall–Kier alpha value is -6.29. The van der Waals surface area contributed by atoms with Gasteiger partial charge in [0.15, 0.2) is 0 Å². The number of hydrogen-bond donors (Lipinski definition) is 8. The van der Waals surface area contributed by atoms with Gasteiger partial charge in [0.1, 0.15) is 37.5 Å². The van der Waals surface area contributed by atoms with Gasteiger partial charge in [-0.25, -0.2) is 9.59 Å². The molecule has 0 radical (unpaired) electrons. The molecule has 1 heterocycles. The quantitative estimate of drug-likeness (QED) is 0.0710. The number of carbonyl (C=O) groups excluding carboxylic acids is 1. The summed E-state index contributed by atoms with van der Waals surface area (Å²) >= 11 is 0. The van der Waals surface area contributed by atoms with Crippen LogP contribution in [0.1, 0.15) is 38.2 Å². The summed E-state index contributed by atoms with van der Waals surface area (Å²) < 4.78 is 113. The van der Waals surface area contributed by atoms with Crippen molar-refractivity contribution in [3.8, 4) is 17.2 Å². The molecule has 1 aliphatic rings. The lowest BCUT2D eigenvalue weighted by atomic mass is 9.92. The highest BCUT2D eigenvalue weighted by molar-refractivity contribution is 7.86. The van der Waals surface area contributed by atoms with Crippen molar-refractivity contribution < 1.29 is 63.5 Å². The van der Waals surface area contributed by atoms with E-state index in [1.165, 1.54) is 30.3 Å². The number of urea groups is 1. The molecule has 0 bridgehead atoms. The zero-order valence-corrected chi connectivity index (χ0v) is 32.2. The van der Waals surface area contributed by atoms with E-state index in [0.717, 1.165) is 36.4 Å². The molecular formula is C37H31N3O14S3. The zero-order chi connectivity index (χ0) is 41.9. The van der Waals surface area contributed by atoms with E-state index in [-0.39, 0.29) is 61.4 Å². The Kier molecular flexibility index (Phi) is 10.2. The SMILES string of the molecule is C=c1cc2c(cc1S(=O)(=O)O)=C(c1ccccc1S(=O)(=O)O)c1cc(S(=O)(=O)O)c(Nc3c(C)cc(C)c(NC(=O)Nc4ccc(O)c(C(=O)O)c4)c3C)cc1O2. The Bertz CT molecular complexity index is 3060. The van der Waals surface area contributed by atoms with Gasteiger partial charge in [-0.1, -0.05) is 30.8 Å². The van der Waals surface area contributed by atoms with Crippen LogP contribution in [0.5, 0.6) is 17.2 Å². The molecule has 0 unspecified atom stereocenters. The minimum atomic E-state index is -5.14. The summed E-state index contributed by atoms with van der Waals surface area (Å²) in [5, 5.41) is 26.9. The van der Waals surface area contributed by atoms with Crippen LogP contribution < -0.4 is 31.1 Å². The van der Waals surface area contributed by atoms with Gasteiger partial charge in [0, 0.05) is 39.4 Å². The van der Waals surface area contributed by atoms with Gasteiger partial charge in [0.05, 0.1) is 11.4 Å². The van der Waals surface area contributed by atoms with Crippen LogP contribution in [0.4, 0.5) is 27.5 Å². The number of benzene rings is 5. The summed E-state index contributed by atoms with van der Waals surface area (Å²) in [5.74, 6) is -2.17. The van der Waals surface area contributed by atoms with E-state index < -0.39 is 68.4 Å². The molecule has 57 heavy (non-hydrogen) atoms. The van der Waals surface area contributed by atoms with E-state index in [2.05, 4.69) is 22.5 Å². The molecule has 0 fully saturated rings. The third kappa shape index (κ3) is 7.90. The van der Waals surface area contributed by atoms with Crippen molar-refractivity contribution in [3.63, 3.8) is 0 Å². The van der Waals surface area contributed by atoms with Crippen LogP contribution in [0, 0.1) is 20.8 Å². The van der Waals surface area contributed by atoms with Crippen LogP contribution >= 0.6 is 0 Å².